The van der Waals surface area contributed by atoms with Crippen molar-refractivity contribution in [2.24, 2.45) is 0 Å². The van der Waals surface area contributed by atoms with Gasteiger partial charge in [-0.05, 0) is 36.8 Å². The van der Waals surface area contributed by atoms with Crippen molar-refractivity contribution in [1.29, 1.82) is 0 Å². The summed E-state index contributed by atoms with van der Waals surface area (Å²) in [6.07, 6.45) is 0. The van der Waals surface area contributed by atoms with Crippen molar-refractivity contribution < 1.29 is 13.9 Å². The van der Waals surface area contributed by atoms with Crippen LogP contribution in [0.1, 0.15) is 5.56 Å². The number of urea groups is 1. The molecule has 3 rings (SSSR count). The minimum absolute atomic E-state index is 0.201. The van der Waals surface area contributed by atoms with Crippen molar-refractivity contribution in [3.8, 4) is 5.75 Å². The Morgan fingerprint density at radius 1 is 1.12 bits per heavy atom. The molecule has 2 amide bonds. The fourth-order valence-corrected chi connectivity index (χ4v) is 2.96. The number of carbonyl (C=O) groups is 1. The van der Waals surface area contributed by atoms with Gasteiger partial charge in [-0.15, -0.1) is 0 Å². The average Bonchev–Trinajstić information content (AvgIpc) is 2.64. The van der Waals surface area contributed by atoms with Gasteiger partial charge in [0.15, 0.2) is 0 Å². The van der Waals surface area contributed by atoms with Crippen LogP contribution >= 0.6 is 0 Å². The molecule has 0 spiro atoms. The quantitative estimate of drug-likeness (QED) is 0.928. The van der Waals surface area contributed by atoms with Crippen molar-refractivity contribution in [1.82, 2.24) is 4.90 Å². The number of carbonyl (C=O) groups excluding carboxylic acids is 1. The molecule has 0 bridgehead atoms. The lowest BCUT2D eigenvalue weighted by molar-refractivity contribution is 0.208. The fraction of sp³-hybridized carbons (Fsp3) is 0.316. The zero-order valence-corrected chi connectivity index (χ0v) is 14.5. The molecule has 0 aromatic heterocycles. The number of nitrogens with one attached hydrogen (secondary N) is 1. The summed E-state index contributed by atoms with van der Waals surface area (Å²) in [6.45, 7) is 4.47. The third kappa shape index (κ3) is 3.84. The summed E-state index contributed by atoms with van der Waals surface area (Å²) in [5, 5.41) is 2.80. The molecule has 1 aliphatic heterocycles. The van der Waals surface area contributed by atoms with Crippen molar-refractivity contribution in [3.05, 3.63) is 53.8 Å². The van der Waals surface area contributed by atoms with Crippen LogP contribution in [0.5, 0.6) is 5.75 Å². The number of rotatable bonds is 3. The molecule has 5 nitrogen and oxygen atoms in total. The molecule has 1 aliphatic rings. The average molecular weight is 343 g/mol. The van der Waals surface area contributed by atoms with Gasteiger partial charge in [0.25, 0.3) is 0 Å². The molecule has 0 atom stereocenters. The Bertz CT molecular complexity index is 758. The van der Waals surface area contributed by atoms with Crippen LogP contribution in [0, 0.1) is 12.7 Å². The molecule has 2 aromatic rings. The van der Waals surface area contributed by atoms with Gasteiger partial charge in [0.05, 0.1) is 12.8 Å². The standard InChI is InChI=1S/C19H22FN3O2/c1-14-7-8-15(20)13-16(14)21-19(24)23-11-9-22(10-12-23)17-5-3-4-6-18(17)25-2/h3-8,13H,9-12H2,1-2H3,(H,21,24). The lowest BCUT2D eigenvalue weighted by Crippen LogP contribution is -2.50. The van der Waals surface area contributed by atoms with E-state index in [1.54, 1.807) is 18.1 Å². The summed E-state index contributed by atoms with van der Waals surface area (Å²) >= 11 is 0. The predicted octanol–water partition coefficient (Wildman–Crippen LogP) is 3.50. The van der Waals surface area contributed by atoms with Crippen LogP contribution in [-0.2, 0) is 0 Å². The highest BCUT2D eigenvalue weighted by atomic mass is 19.1. The smallest absolute Gasteiger partial charge is 0.321 e. The molecule has 1 fully saturated rings. The normalized spacial score (nSPS) is 14.4. The van der Waals surface area contributed by atoms with E-state index in [0.29, 0.717) is 18.8 Å². The number of hydrogen-bond donors (Lipinski definition) is 1. The Hall–Kier alpha value is -2.76. The van der Waals surface area contributed by atoms with Crippen LogP contribution in [0.25, 0.3) is 0 Å². The molecule has 6 heteroatoms. The topological polar surface area (TPSA) is 44.8 Å². The van der Waals surface area contributed by atoms with Crippen LogP contribution in [0.3, 0.4) is 0 Å². The summed E-state index contributed by atoms with van der Waals surface area (Å²) in [6, 6.07) is 12.1. The molecule has 1 N–H and O–H groups in total. The molecule has 0 aliphatic carbocycles. The number of anilines is 2. The van der Waals surface area contributed by atoms with Gasteiger partial charge in [-0.2, -0.15) is 0 Å². The Kier molecular flexibility index (Phi) is 5.07. The number of aryl methyl sites for hydroxylation is 1. The second-order valence-electron chi connectivity index (χ2n) is 6.04. The summed E-state index contributed by atoms with van der Waals surface area (Å²) in [7, 11) is 1.66. The number of para-hydroxylation sites is 2. The van der Waals surface area contributed by atoms with Gasteiger partial charge in [-0.1, -0.05) is 18.2 Å². The molecule has 132 valence electrons. The molecular formula is C19H22FN3O2. The molecule has 1 saturated heterocycles. The van der Waals surface area contributed by atoms with E-state index in [9.17, 15) is 9.18 Å². The van der Waals surface area contributed by atoms with E-state index in [2.05, 4.69) is 10.2 Å². The van der Waals surface area contributed by atoms with E-state index in [-0.39, 0.29) is 11.8 Å². The number of methoxy groups -OCH3 is 1. The minimum atomic E-state index is -0.359. The first-order valence-electron chi connectivity index (χ1n) is 8.28. The van der Waals surface area contributed by atoms with Gasteiger partial charge in [0.2, 0.25) is 0 Å². The summed E-state index contributed by atoms with van der Waals surface area (Å²) in [5.74, 6) is 0.470. The highest BCUT2D eigenvalue weighted by molar-refractivity contribution is 5.90. The van der Waals surface area contributed by atoms with E-state index < -0.39 is 0 Å². The zero-order valence-electron chi connectivity index (χ0n) is 14.5. The van der Waals surface area contributed by atoms with Gasteiger partial charge in [-0.3, -0.25) is 0 Å². The van der Waals surface area contributed by atoms with Crippen LogP contribution in [0.4, 0.5) is 20.6 Å². The van der Waals surface area contributed by atoms with Crippen molar-refractivity contribution in [2.75, 3.05) is 43.5 Å². The third-order valence-corrected chi connectivity index (χ3v) is 4.43. The summed E-state index contributed by atoms with van der Waals surface area (Å²) < 4.78 is 18.8. The number of benzene rings is 2. The number of piperazine rings is 1. The first-order chi connectivity index (χ1) is 12.1. The van der Waals surface area contributed by atoms with E-state index in [4.69, 9.17) is 4.74 Å². The molecule has 2 aromatic carbocycles. The summed E-state index contributed by atoms with van der Waals surface area (Å²) in [4.78, 5) is 16.4. The Morgan fingerprint density at radius 3 is 2.56 bits per heavy atom. The van der Waals surface area contributed by atoms with Crippen LogP contribution < -0.4 is 15.0 Å². The number of nitrogens with zero attached hydrogens (tertiary/aromatic N) is 2. The SMILES string of the molecule is COc1ccccc1N1CCN(C(=O)Nc2cc(F)ccc2C)CC1. The third-order valence-electron chi connectivity index (χ3n) is 4.43. The molecule has 0 unspecified atom stereocenters. The number of ether oxygens (including phenoxy) is 1. The largest absolute Gasteiger partial charge is 0.495 e. The Balaban J connectivity index is 1.62. The van der Waals surface area contributed by atoms with Crippen LogP contribution in [0.15, 0.2) is 42.5 Å². The lowest BCUT2D eigenvalue weighted by Gasteiger charge is -2.36. The highest BCUT2D eigenvalue weighted by Crippen LogP contribution is 2.28. The molecule has 25 heavy (non-hydrogen) atoms. The Morgan fingerprint density at radius 2 is 1.84 bits per heavy atom. The molecule has 0 radical (unpaired) electrons. The van der Waals surface area contributed by atoms with Crippen molar-refractivity contribution in [2.45, 2.75) is 6.92 Å². The van der Waals surface area contributed by atoms with Gasteiger partial charge in [-0.25, -0.2) is 9.18 Å². The van der Waals surface area contributed by atoms with Crippen LogP contribution in [-0.4, -0.2) is 44.2 Å². The number of amides is 2. The number of hydrogen-bond acceptors (Lipinski definition) is 3. The monoisotopic (exact) mass is 343 g/mol. The van der Waals surface area contributed by atoms with Crippen LogP contribution in [0.2, 0.25) is 0 Å². The molecular weight excluding hydrogens is 321 g/mol. The van der Waals surface area contributed by atoms with Crippen molar-refractivity contribution >= 4 is 17.4 Å². The molecule has 0 saturated carbocycles. The zero-order chi connectivity index (χ0) is 17.8. The van der Waals surface area contributed by atoms with Gasteiger partial charge >= 0.3 is 6.03 Å². The molecule has 1 heterocycles. The van der Waals surface area contributed by atoms with Gasteiger partial charge in [0.1, 0.15) is 11.6 Å². The predicted molar refractivity (Wildman–Crippen MR) is 96.9 cm³/mol. The first kappa shape index (κ1) is 17.1. The van der Waals surface area contributed by atoms with Gasteiger partial charge < -0.3 is 19.9 Å². The van der Waals surface area contributed by atoms with E-state index >= 15 is 0 Å². The number of halogens is 1. The van der Waals surface area contributed by atoms with E-state index in [1.165, 1.54) is 12.1 Å². The Labute approximate surface area is 147 Å². The van der Waals surface area contributed by atoms with Crippen molar-refractivity contribution in [3.63, 3.8) is 0 Å². The maximum atomic E-state index is 13.4. The minimum Gasteiger partial charge on any atom is -0.495 e. The highest BCUT2D eigenvalue weighted by Gasteiger charge is 2.23. The lowest BCUT2D eigenvalue weighted by atomic mass is 10.2. The van der Waals surface area contributed by atoms with E-state index in [1.807, 2.05) is 31.2 Å². The van der Waals surface area contributed by atoms with Gasteiger partial charge in [0, 0.05) is 31.9 Å². The second kappa shape index (κ2) is 7.42. The maximum absolute atomic E-state index is 13.4. The fourth-order valence-electron chi connectivity index (χ4n) is 2.96. The first-order valence-corrected chi connectivity index (χ1v) is 8.28. The second-order valence-corrected chi connectivity index (χ2v) is 6.04. The summed E-state index contributed by atoms with van der Waals surface area (Å²) in [5.41, 5.74) is 2.38. The maximum Gasteiger partial charge on any atom is 0.321 e. The van der Waals surface area contributed by atoms with E-state index in [0.717, 1.165) is 30.1 Å².